The Hall–Kier alpha value is -1.89. The van der Waals surface area contributed by atoms with E-state index in [1.807, 2.05) is 0 Å². The van der Waals surface area contributed by atoms with E-state index in [1.54, 1.807) is 12.1 Å². The van der Waals surface area contributed by atoms with Crippen LogP contribution in [0.1, 0.15) is 16.8 Å². The summed E-state index contributed by atoms with van der Waals surface area (Å²) in [5.41, 5.74) is 0.353. The number of sulfone groups is 1. The summed E-state index contributed by atoms with van der Waals surface area (Å²) in [5.74, 6) is -1.58. The van der Waals surface area contributed by atoms with Crippen molar-refractivity contribution in [2.75, 3.05) is 12.4 Å². The van der Waals surface area contributed by atoms with Gasteiger partial charge in [0.25, 0.3) is 0 Å². The molecule has 2 rings (SSSR count). The van der Waals surface area contributed by atoms with Crippen LogP contribution < -0.4 is 0 Å². The topological polar surface area (TPSA) is 77.5 Å². The van der Waals surface area contributed by atoms with Gasteiger partial charge in [-0.1, -0.05) is 23.2 Å². The van der Waals surface area contributed by atoms with Crippen LogP contribution in [0.25, 0.3) is 0 Å². The summed E-state index contributed by atoms with van der Waals surface area (Å²) in [6.07, 6.45) is -0.348. The number of hydrogen-bond donors (Lipinski definition) is 0. The number of Topliss-reactive ketones (excluding diaryl/α,β-unsaturated/α-hetero) is 1. The highest BCUT2D eigenvalue weighted by Gasteiger charge is 2.18. The van der Waals surface area contributed by atoms with Crippen LogP contribution in [0.3, 0.4) is 0 Å². The van der Waals surface area contributed by atoms with Crippen LogP contribution in [-0.4, -0.2) is 32.5 Å². The third-order valence-corrected chi connectivity index (χ3v) is 5.51. The first-order valence-electron chi connectivity index (χ1n) is 7.20. The van der Waals surface area contributed by atoms with E-state index in [2.05, 4.69) is 0 Å². The average Bonchev–Trinajstić information content (AvgIpc) is 2.59. The Morgan fingerprint density at radius 3 is 1.96 bits per heavy atom. The lowest BCUT2D eigenvalue weighted by Gasteiger charge is -2.06. The number of halogens is 2. The zero-order valence-corrected chi connectivity index (χ0v) is 15.3. The van der Waals surface area contributed by atoms with Crippen molar-refractivity contribution in [2.24, 2.45) is 0 Å². The number of carbonyl (C=O) groups is 2. The average molecular weight is 401 g/mol. The lowest BCUT2D eigenvalue weighted by molar-refractivity contribution is -0.142. The Morgan fingerprint density at radius 1 is 0.880 bits per heavy atom. The molecular formula is C17H14Cl2O5S. The molecule has 0 heterocycles. The second kappa shape index (κ2) is 8.47. The summed E-state index contributed by atoms with van der Waals surface area (Å²) in [7, 11) is -3.63. The number of hydrogen-bond acceptors (Lipinski definition) is 5. The molecule has 0 unspecified atom stereocenters. The van der Waals surface area contributed by atoms with Gasteiger partial charge in [0.05, 0.1) is 17.1 Å². The van der Waals surface area contributed by atoms with Crippen molar-refractivity contribution in [3.8, 4) is 0 Å². The third kappa shape index (κ3) is 5.85. The van der Waals surface area contributed by atoms with Crippen LogP contribution in [0.5, 0.6) is 0 Å². The molecular weight excluding hydrogens is 387 g/mol. The molecule has 2 aromatic carbocycles. The zero-order valence-electron chi connectivity index (χ0n) is 12.9. The molecule has 0 bridgehead atoms. The second-order valence-corrected chi connectivity index (χ2v) is 8.10. The van der Waals surface area contributed by atoms with Gasteiger partial charge in [-0.2, -0.15) is 0 Å². The van der Waals surface area contributed by atoms with Gasteiger partial charge in [0.15, 0.2) is 22.2 Å². The normalized spacial score (nSPS) is 11.1. The number of esters is 1. The van der Waals surface area contributed by atoms with E-state index < -0.39 is 33.9 Å². The minimum Gasteiger partial charge on any atom is -0.457 e. The van der Waals surface area contributed by atoms with Crippen molar-refractivity contribution in [3.05, 3.63) is 64.1 Å². The standard InChI is InChI=1S/C17H14Cl2O5S/c18-13-3-1-12(2-4-13)16(20)11-24-17(21)9-10-25(22,23)15-7-5-14(19)6-8-15/h1-8H,9-11H2. The van der Waals surface area contributed by atoms with Gasteiger partial charge in [0.2, 0.25) is 0 Å². The van der Waals surface area contributed by atoms with Gasteiger partial charge < -0.3 is 4.74 Å². The molecule has 0 spiro atoms. The summed E-state index contributed by atoms with van der Waals surface area (Å²) >= 11 is 11.4. The van der Waals surface area contributed by atoms with Crippen molar-refractivity contribution in [1.29, 1.82) is 0 Å². The van der Waals surface area contributed by atoms with Crippen LogP contribution >= 0.6 is 23.2 Å². The van der Waals surface area contributed by atoms with E-state index in [1.165, 1.54) is 36.4 Å². The van der Waals surface area contributed by atoms with Gasteiger partial charge in [-0.15, -0.1) is 0 Å². The first kappa shape index (κ1) is 19.4. The fraction of sp³-hybridized carbons (Fsp3) is 0.176. The van der Waals surface area contributed by atoms with E-state index in [9.17, 15) is 18.0 Å². The lowest BCUT2D eigenvalue weighted by atomic mass is 10.1. The number of rotatable bonds is 7. The van der Waals surface area contributed by atoms with E-state index in [-0.39, 0.29) is 11.3 Å². The number of ketones is 1. The third-order valence-electron chi connectivity index (χ3n) is 3.28. The predicted molar refractivity (Wildman–Crippen MR) is 94.9 cm³/mol. The van der Waals surface area contributed by atoms with Gasteiger partial charge in [0.1, 0.15) is 0 Å². The fourth-order valence-electron chi connectivity index (χ4n) is 1.91. The molecule has 0 N–H and O–H groups in total. The van der Waals surface area contributed by atoms with Crippen molar-refractivity contribution in [2.45, 2.75) is 11.3 Å². The molecule has 0 aromatic heterocycles. The highest BCUT2D eigenvalue weighted by Crippen LogP contribution is 2.16. The second-order valence-electron chi connectivity index (χ2n) is 5.11. The highest BCUT2D eigenvalue weighted by molar-refractivity contribution is 7.91. The van der Waals surface area contributed by atoms with E-state index in [0.29, 0.717) is 15.6 Å². The molecule has 0 saturated carbocycles. The molecule has 8 heteroatoms. The Bertz CT molecular complexity index is 859. The Labute approximate surface area is 155 Å². The summed E-state index contributed by atoms with van der Waals surface area (Å²) in [5, 5.41) is 0.903. The fourth-order valence-corrected chi connectivity index (χ4v) is 3.39. The minimum absolute atomic E-state index is 0.0712. The SMILES string of the molecule is O=C(CCS(=O)(=O)c1ccc(Cl)cc1)OCC(=O)c1ccc(Cl)cc1. The van der Waals surface area contributed by atoms with Crippen molar-refractivity contribution < 1.29 is 22.7 Å². The minimum atomic E-state index is -3.63. The summed E-state index contributed by atoms with van der Waals surface area (Å²) in [6, 6.07) is 11.8. The molecule has 0 radical (unpaired) electrons. The highest BCUT2D eigenvalue weighted by atomic mass is 35.5. The maximum Gasteiger partial charge on any atom is 0.307 e. The quantitative estimate of drug-likeness (QED) is 0.524. The van der Waals surface area contributed by atoms with E-state index in [0.717, 1.165) is 0 Å². The maximum atomic E-state index is 12.1. The molecule has 0 amide bonds. The first-order chi connectivity index (χ1) is 11.8. The monoisotopic (exact) mass is 400 g/mol. The Balaban J connectivity index is 1.85. The van der Waals surface area contributed by atoms with Gasteiger partial charge in [-0.05, 0) is 48.5 Å². The van der Waals surface area contributed by atoms with E-state index in [4.69, 9.17) is 27.9 Å². The van der Waals surface area contributed by atoms with Crippen LogP contribution in [0.4, 0.5) is 0 Å². The molecule has 0 aliphatic rings. The number of ether oxygens (including phenoxy) is 1. The molecule has 25 heavy (non-hydrogen) atoms. The zero-order chi connectivity index (χ0) is 18.4. The van der Waals surface area contributed by atoms with Gasteiger partial charge in [-0.3, -0.25) is 9.59 Å². The molecule has 5 nitrogen and oxygen atoms in total. The largest absolute Gasteiger partial charge is 0.457 e. The van der Waals surface area contributed by atoms with Gasteiger partial charge in [0, 0.05) is 15.6 Å². The van der Waals surface area contributed by atoms with Crippen molar-refractivity contribution in [3.63, 3.8) is 0 Å². The van der Waals surface area contributed by atoms with Crippen molar-refractivity contribution in [1.82, 2.24) is 0 Å². The van der Waals surface area contributed by atoms with Crippen molar-refractivity contribution >= 4 is 44.8 Å². The molecule has 0 saturated heterocycles. The first-order valence-corrected chi connectivity index (χ1v) is 9.61. The molecule has 132 valence electrons. The Kier molecular flexibility index (Phi) is 6.58. The van der Waals surface area contributed by atoms with Crippen LogP contribution in [-0.2, 0) is 19.4 Å². The molecule has 0 aliphatic heterocycles. The van der Waals surface area contributed by atoms with Gasteiger partial charge in [-0.25, -0.2) is 8.42 Å². The van der Waals surface area contributed by atoms with Gasteiger partial charge >= 0.3 is 5.97 Å². The number of carbonyl (C=O) groups excluding carboxylic acids is 2. The summed E-state index contributed by atoms with van der Waals surface area (Å²) < 4.78 is 29.1. The number of benzene rings is 2. The van der Waals surface area contributed by atoms with Crippen LogP contribution in [0.2, 0.25) is 10.0 Å². The summed E-state index contributed by atoms with van der Waals surface area (Å²) in [4.78, 5) is 23.6. The Morgan fingerprint density at radius 2 is 1.40 bits per heavy atom. The lowest BCUT2D eigenvalue weighted by Crippen LogP contribution is -2.17. The van der Waals surface area contributed by atoms with Crippen LogP contribution in [0.15, 0.2) is 53.4 Å². The maximum absolute atomic E-state index is 12.1. The molecule has 0 atom stereocenters. The predicted octanol–water partition coefficient (Wildman–Crippen LogP) is 3.58. The van der Waals surface area contributed by atoms with E-state index >= 15 is 0 Å². The molecule has 0 fully saturated rings. The van der Waals surface area contributed by atoms with Crippen LogP contribution in [0, 0.1) is 0 Å². The smallest absolute Gasteiger partial charge is 0.307 e. The molecule has 2 aromatic rings. The molecule has 0 aliphatic carbocycles. The summed E-state index contributed by atoms with van der Waals surface area (Å²) in [6.45, 7) is -0.457.